The lowest BCUT2D eigenvalue weighted by Crippen LogP contribution is -2.39. The fourth-order valence-corrected chi connectivity index (χ4v) is 5.16. The van der Waals surface area contributed by atoms with Crippen molar-refractivity contribution in [1.82, 2.24) is 14.4 Å². The number of methoxy groups -OCH3 is 1. The number of hydrogen-bond donors (Lipinski definition) is 0. The van der Waals surface area contributed by atoms with E-state index >= 15 is 0 Å². The third kappa shape index (κ3) is 4.22. The third-order valence-corrected chi connectivity index (χ3v) is 7.38. The van der Waals surface area contributed by atoms with E-state index in [1.54, 1.807) is 31.4 Å². The molecule has 0 radical (unpaired) electrons. The molecule has 3 aromatic rings. The van der Waals surface area contributed by atoms with E-state index in [0.717, 1.165) is 28.6 Å². The number of hydrogen-bond acceptors (Lipinski definition) is 6. The van der Waals surface area contributed by atoms with Crippen LogP contribution in [-0.2, 0) is 10.0 Å². The van der Waals surface area contributed by atoms with Gasteiger partial charge >= 0.3 is 0 Å². The molecule has 2 aromatic carbocycles. The molecular weight excluding hydrogens is 458 g/mol. The van der Waals surface area contributed by atoms with Gasteiger partial charge < -0.3 is 9.26 Å². The quantitative estimate of drug-likeness (QED) is 0.550. The first-order chi connectivity index (χ1) is 14.0. The summed E-state index contributed by atoms with van der Waals surface area (Å²) in [6.45, 7) is 0.803. The molecule has 0 N–H and O–H groups in total. The Balaban J connectivity index is 1.52. The SMILES string of the molecule is COc1ccc(-c2noc(C3CCCN(S(=O)(=O)c4ccc(Br)cc4)C3)n2)cc1. The van der Waals surface area contributed by atoms with Gasteiger partial charge in [0.15, 0.2) is 0 Å². The Labute approximate surface area is 177 Å². The minimum absolute atomic E-state index is 0.131. The highest BCUT2D eigenvalue weighted by Crippen LogP contribution is 2.31. The number of piperidine rings is 1. The lowest BCUT2D eigenvalue weighted by atomic mass is 10.00. The van der Waals surface area contributed by atoms with E-state index in [9.17, 15) is 8.42 Å². The summed E-state index contributed by atoms with van der Waals surface area (Å²) >= 11 is 3.33. The standard InChI is InChI=1S/C20H20BrN3O4S/c1-27-17-8-4-14(5-9-17)19-22-20(28-23-19)15-3-2-12-24(13-15)29(25,26)18-10-6-16(21)7-11-18/h4-11,15H,2-3,12-13H2,1H3. The van der Waals surface area contributed by atoms with Crippen LogP contribution in [0.15, 0.2) is 62.4 Å². The van der Waals surface area contributed by atoms with Crippen LogP contribution in [-0.4, -0.2) is 43.1 Å². The van der Waals surface area contributed by atoms with Gasteiger partial charge in [-0.3, -0.25) is 0 Å². The Hall–Kier alpha value is -2.23. The highest BCUT2D eigenvalue weighted by atomic mass is 79.9. The predicted molar refractivity (Wildman–Crippen MR) is 111 cm³/mol. The summed E-state index contributed by atoms with van der Waals surface area (Å²) in [5, 5.41) is 4.07. The van der Waals surface area contributed by atoms with E-state index in [-0.39, 0.29) is 10.8 Å². The number of sulfonamides is 1. The van der Waals surface area contributed by atoms with E-state index in [4.69, 9.17) is 9.26 Å². The van der Waals surface area contributed by atoms with E-state index < -0.39 is 10.0 Å². The van der Waals surface area contributed by atoms with Crippen molar-refractivity contribution in [1.29, 1.82) is 0 Å². The summed E-state index contributed by atoms with van der Waals surface area (Å²) < 4.78 is 39.0. The Morgan fingerprint density at radius 1 is 1.14 bits per heavy atom. The maximum atomic E-state index is 13.0. The second-order valence-corrected chi connectivity index (χ2v) is 9.69. The second-order valence-electron chi connectivity index (χ2n) is 6.84. The lowest BCUT2D eigenvalue weighted by Gasteiger charge is -2.30. The number of nitrogens with zero attached hydrogens (tertiary/aromatic N) is 3. The van der Waals surface area contributed by atoms with Crippen molar-refractivity contribution < 1.29 is 17.7 Å². The fourth-order valence-electron chi connectivity index (χ4n) is 3.38. The molecule has 1 saturated heterocycles. The van der Waals surface area contributed by atoms with Gasteiger partial charge in [0.05, 0.1) is 17.9 Å². The topological polar surface area (TPSA) is 85.5 Å². The molecule has 1 unspecified atom stereocenters. The second kappa shape index (κ2) is 8.25. The van der Waals surface area contributed by atoms with Crippen molar-refractivity contribution in [2.75, 3.05) is 20.2 Å². The average molecular weight is 478 g/mol. The molecule has 9 heteroatoms. The molecule has 7 nitrogen and oxygen atoms in total. The van der Waals surface area contributed by atoms with Crippen molar-refractivity contribution in [2.24, 2.45) is 0 Å². The first-order valence-corrected chi connectivity index (χ1v) is 11.4. The smallest absolute Gasteiger partial charge is 0.243 e. The average Bonchev–Trinajstić information content (AvgIpc) is 3.24. The van der Waals surface area contributed by atoms with Crippen LogP contribution in [0.5, 0.6) is 5.75 Å². The van der Waals surface area contributed by atoms with E-state index in [0.29, 0.717) is 24.8 Å². The molecule has 29 heavy (non-hydrogen) atoms. The van der Waals surface area contributed by atoms with Gasteiger partial charge in [-0.1, -0.05) is 21.1 Å². The summed E-state index contributed by atoms with van der Waals surface area (Å²) in [6.07, 6.45) is 1.54. The van der Waals surface area contributed by atoms with Gasteiger partial charge in [0.2, 0.25) is 21.7 Å². The normalized spacial score (nSPS) is 17.9. The molecule has 0 bridgehead atoms. The van der Waals surface area contributed by atoms with Crippen molar-refractivity contribution in [3.63, 3.8) is 0 Å². The zero-order valence-electron chi connectivity index (χ0n) is 15.8. The summed E-state index contributed by atoms with van der Waals surface area (Å²) in [7, 11) is -1.95. The van der Waals surface area contributed by atoms with Crippen molar-refractivity contribution in [3.05, 3.63) is 58.9 Å². The van der Waals surface area contributed by atoms with Gasteiger partial charge in [-0.2, -0.15) is 9.29 Å². The van der Waals surface area contributed by atoms with Crippen LogP contribution in [0.3, 0.4) is 0 Å². The van der Waals surface area contributed by atoms with Crippen LogP contribution in [0.25, 0.3) is 11.4 Å². The molecule has 1 atom stereocenters. The molecule has 1 fully saturated rings. The van der Waals surface area contributed by atoms with Gasteiger partial charge in [-0.05, 0) is 61.4 Å². The molecule has 1 aliphatic heterocycles. The third-order valence-electron chi connectivity index (χ3n) is 4.97. The van der Waals surface area contributed by atoms with Crippen LogP contribution >= 0.6 is 15.9 Å². The molecule has 0 saturated carbocycles. The maximum absolute atomic E-state index is 13.0. The molecular formula is C20H20BrN3O4S. The Morgan fingerprint density at radius 2 is 1.86 bits per heavy atom. The van der Waals surface area contributed by atoms with Crippen molar-refractivity contribution in [3.8, 4) is 17.1 Å². The summed E-state index contributed by atoms with van der Waals surface area (Å²) in [5.74, 6) is 1.56. The first kappa shape index (κ1) is 20.1. The molecule has 1 aliphatic rings. The Kier molecular flexibility index (Phi) is 5.71. The van der Waals surface area contributed by atoms with Crippen LogP contribution in [0, 0.1) is 0 Å². The predicted octanol–water partition coefficient (Wildman–Crippen LogP) is 4.08. The van der Waals surface area contributed by atoms with E-state index in [1.165, 1.54) is 4.31 Å². The minimum atomic E-state index is -3.56. The number of benzene rings is 2. The first-order valence-electron chi connectivity index (χ1n) is 9.21. The molecule has 2 heterocycles. The highest BCUT2D eigenvalue weighted by molar-refractivity contribution is 9.10. The highest BCUT2D eigenvalue weighted by Gasteiger charge is 2.33. The molecule has 0 spiro atoms. The van der Waals surface area contributed by atoms with E-state index in [1.807, 2.05) is 24.3 Å². The number of aromatic nitrogens is 2. The van der Waals surface area contributed by atoms with Crippen molar-refractivity contribution in [2.45, 2.75) is 23.7 Å². The summed E-state index contributed by atoms with van der Waals surface area (Å²) in [4.78, 5) is 4.80. The molecule has 152 valence electrons. The zero-order valence-corrected chi connectivity index (χ0v) is 18.2. The molecule has 4 rings (SSSR count). The number of halogens is 1. The monoisotopic (exact) mass is 477 g/mol. The molecule has 0 aliphatic carbocycles. The van der Waals surface area contributed by atoms with Crippen LogP contribution in [0.2, 0.25) is 0 Å². The maximum Gasteiger partial charge on any atom is 0.243 e. The Bertz CT molecular complexity index is 1080. The summed E-state index contributed by atoms with van der Waals surface area (Å²) in [5.41, 5.74) is 0.816. The van der Waals surface area contributed by atoms with Crippen molar-refractivity contribution >= 4 is 26.0 Å². The number of rotatable bonds is 5. The minimum Gasteiger partial charge on any atom is -0.497 e. The summed E-state index contributed by atoms with van der Waals surface area (Å²) in [6, 6.07) is 14.1. The lowest BCUT2D eigenvalue weighted by molar-refractivity contribution is 0.265. The van der Waals surface area contributed by atoms with Crippen LogP contribution in [0.1, 0.15) is 24.7 Å². The van der Waals surface area contributed by atoms with Crippen LogP contribution in [0.4, 0.5) is 0 Å². The Morgan fingerprint density at radius 3 is 2.55 bits per heavy atom. The fraction of sp³-hybridized carbons (Fsp3) is 0.300. The van der Waals surface area contributed by atoms with Crippen LogP contribution < -0.4 is 4.74 Å². The van der Waals surface area contributed by atoms with Gasteiger partial charge in [-0.25, -0.2) is 8.42 Å². The largest absolute Gasteiger partial charge is 0.497 e. The zero-order chi connectivity index (χ0) is 20.4. The number of ether oxygens (including phenoxy) is 1. The van der Waals surface area contributed by atoms with Gasteiger partial charge in [0.25, 0.3) is 0 Å². The van der Waals surface area contributed by atoms with Gasteiger partial charge in [0.1, 0.15) is 5.75 Å². The molecule has 0 amide bonds. The molecule has 1 aromatic heterocycles. The van der Waals surface area contributed by atoms with E-state index in [2.05, 4.69) is 26.1 Å². The van der Waals surface area contributed by atoms with Gasteiger partial charge in [-0.15, -0.1) is 0 Å². The van der Waals surface area contributed by atoms with Gasteiger partial charge in [0, 0.05) is 23.1 Å².